The van der Waals surface area contributed by atoms with Crippen molar-refractivity contribution in [2.45, 2.75) is 13.8 Å². The first-order chi connectivity index (χ1) is 10.6. The third-order valence-corrected chi connectivity index (χ3v) is 3.65. The number of imidazole rings is 1. The van der Waals surface area contributed by atoms with Crippen LogP contribution in [0.2, 0.25) is 5.02 Å². The second-order valence-electron chi connectivity index (χ2n) is 4.97. The van der Waals surface area contributed by atoms with Gasteiger partial charge in [-0.25, -0.2) is 4.98 Å². The van der Waals surface area contributed by atoms with Crippen molar-refractivity contribution in [3.63, 3.8) is 0 Å². The number of aryl methyl sites for hydroxylation is 2. The van der Waals surface area contributed by atoms with E-state index in [9.17, 15) is 0 Å². The number of methoxy groups -OCH3 is 1. The van der Waals surface area contributed by atoms with Crippen LogP contribution in [0.25, 0.3) is 5.65 Å². The maximum atomic E-state index is 6.14. The molecule has 0 unspecified atom stereocenters. The van der Waals surface area contributed by atoms with Crippen LogP contribution in [0.1, 0.15) is 11.3 Å². The van der Waals surface area contributed by atoms with Crippen LogP contribution in [-0.4, -0.2) is 16.5 Å². The Bertz CT molecular complexity index is 870. The summed E-state index contributed by atoms with van der Waals surface area (Å²) >= 11 is 6.14. The Balaban J connectivity index is 2.04. The van der Waals surface area contributed by atoms with E-state index in [1.54, 1.807) is 25.3 Å². The van der Waals surface area contributed by atoms with Crippen LogP contribution in [0.5, 0.6) is 5.75 Å². The molecule has 0 spiro atoms. The molecule has 1 aromatic carbocycles. The Morgan fingerprint density at radius 1 is 1.14 bits per heavy atom. The van der Waals surface area contributed by atoms with E-state index in [4.69, 9.17) is 16.3 Å². The van der Waals surface area contributed by atoms with E-state index in [0.29, 0.717) is 22.3 Å². The molecule has 0 amide bonds. The molecule has 6 heteroatoms. The van der Waals surface area contributed by atoms with Crippen molar-refractivity contribution in [3.8, 4) is 5.75 Å². The molecule has 0 fully saturated rings. The summed E-state index contributed by atoms with van der Waals surface area (Å²) in [5.74, 6) is 1.37. The molecule has 5 nitrogen and oxygen atoms in total. The third-order valence-electron chi connectivity index (χ3n) is 3.33. The molecule has 0 N–H and O–H groups in total. The fourth-order valence-electron chi connectivity index (χ4n) is 2.17. The summed E-state index contributed by atoms with van der Waals surface area (Å²) in [6, 6.07) is 9.27. The molecule has 3 rings (SSSR count). The lowest BCUT2D eigenvalue weighted by molar-refractivity contribution is 0.415. The molecule has 0 aliphatic carbocycles. The number of halogens is 1. The van der Waals surface area contributed by atoms with Gasteiger partial charge in [-0.2, -0.15) is 0 Å². The number of nitrogens with zero attached hydrogens (tertiary/aromatic N) is 4. The van der Waals surface area contributed by atoms with Gasteiger partial charge in [0.2, 0.25) is 0 Å². The molecule has 22 heavy (non-hydrogen) atoms. The Morgan fingerprint density at radius 3 is 2.73 bits per heavy atom. The van der Waals surface area contributed by atoms with Gasteiger partial charge in [0.1, 0.15) is 17.1 Å². The number of fused-ring (bicyclic) bond motifs is 1. The first-order valence-electron chi connectivity index (χ1n) is 6.79. The van der Waals surface area contributed by atoms with Crippen molar-refractivity contribution >= 4 is 28.8 Å². The first-order valence-corrected chi connectivity index (χ1v) is 7.17. The molecular weight excluding hydrogens is 300 g/mol. The van der Waals surface area contributed by atoms with Crippen LogP contribution in [-0.2, 0) is 0 Å². The number of hydrogen-bond donors (Lipinski definition) is 0. The van der Waals surface area contributed by atoms with Crippen LogP contribution in [0, 0.1) is 13.8 Å². The zero-order valence-electron chi connectivity index (χ0n) is 12.5. The van der Waals surface area contributed by atoms with Gasteiger partial charge in [-0.15, -0.1) is 10.2 Å². The summed E-state index contributed by atoms with van der Waals surface area (Å²) in [6.45, 7) is 3.94. The van der Waals surface area contributed by atoms with Crippen LogP contribution in [0.3, 0.4) is 0 Å². The van der Waals surface area contributed by atoms with Crippen molar-refractivity contribution in [2.75, 3.05) is 7.11 Å². The Hall–Kier alpha value is -2.40. The second kappa shape index (κ2) is 5.77. The largest absolute Gasteiger partial charge is 0.497 e. The molecule has 2 aromatic heterocycles. The van der Waals surface area contributed by atoms with Crippen molar-refractivity contribution in [1.29, 1.82) is 0 Å². The SMILES string of the molecule is COc1ccc(Cl)c(N=Nc2c(C)nc3cc(C)ccn23)c1. The molecule has 0 saturated carbocycles. The van der Waals surface area contributed by atoms with Crippen LogP contribution in [0.15, 0.2) is 46.8 Å². The number of rotatable bonds is 3. The third kappa shape index (κ3) is 2.67. The van der Waals surface area contributed by atoms with Gasteiger partial charge in [-0.3, -0.25) is 4.40 Å². The van der Waals surface area contributed by atoms with E-state index in [0.717, 1.165) is 16.9 Å². The van der Waals surface area contributed by atoms with Gasteiger partial charge in [-0.05, 0) is 43.7 Å². The second-order valence-corrected chi connectivity index (χ2v) is 5.38. The number of pyridine rings is 1. The van der Waals surface area contributed by atoms with Gasteiger partial charge in [0.25, 0.3) is 0 Å². The summed E-state index contributed by atoms with van der Waals surface area (Å²) in [5.41, 5.74) is 3.37. The van der Waals surface area contributed by atoms with Crippen molar-refractivity contribution < 1.29 is 4.74 Å². The lowest BCUT2D eigenvalue weighted by atomic mass is 10.3. The summed E-state index contributed by atoms with van der Waals surface area (Å²) in [5, 5.41) is 9.08. The number of benzene rings is 1. The zero-order chi connectivity index (χ0) is 15.7. The fraction of sp³-hybridized carbons (Fsp3) is 0.188. The highest BCUT2D eigenvalue weighted by Gasteiger charge is 2.08. The molecule has 0 bridgehead atoms. The lowest BCUT2D eigenvalue weighted by Crippen LogP contribution is -1.84. The number of ether oxygens (including phenoxy) is 1. The highest BCUT2D eigenvalue weighted by molar-refractivity contribution is 6.33. The van der Waals surface area contributed by atoms with Crippen LogP contribution >= 0.6 is 11.6 Å². The van der Waals surface area contributed by atoms with Gasteiger partial charge in [-0.1, -0.05) is 11.6 Å². The van der Waals surface area contributed by atoms with Crippen molar-refractivity contribution in [3.05, 3.63) is 52.8 Å². The van der Waals surface area contributed by atoms with Crippen molar-refractivity contribution in [2.24, 2.45) is 10.2 Å². The molecule has 112 valence electrons. The minimum absolute atomic E-state index is 0.520. The van der Waals surface area contributed by atoms with Crippen LogP contribution < -0.4 is 4.74 Å². The molecule has 0 radical (unpaired) electrons. The molecule has 2 heterocycles. The maximum absolute atomic E-state index is 6.14. The fourth-order valence-corrected chi connectivity index (χ4v) is 2.32. The molecular formula is C16H15ClN4O. The van der Waals surface area contributed by atoms with E-state index in [1.165, 1.54) is 0 Å². The quantitative estimate of drug-likeness (QED) is 0.637. The van der Waals surface area contributed by atoms with Crippen LogP contribution in [0.4, 0.5) is 11.5 Å². The normalized spacial score (nSPS) is 11.5. The monoisotopic (exact) mass is 314 g/mol. The maximum Gasteiger partial charge on any atom is 0.182 e. The average Bonchev–Trinajstić information content (AvgIpc) is 2.81. The Kier molecular flexibility index (Phi) is 3.81. The van der Waals surface area contributed by atoms with Gasteiger partial charge in [0.15, 0.2) is 5.82 Å². The summed E-state index contributed by atoms with van der Waals surface area (Å²) in [7, 11) is 1.60. The Labute approximate surface area is 133 Å². The Morgan fingerprint density at radius 2 is 1.95 bits per heavy atom. The first kappa shape index (κ1) is 14.5. The molecule has 0 saturated heterocycles. The van der Waals surface area contributed by atoms with E-state index in [1.807, 2.05) is 36.6 Å². The standard InChI is InChI=1S/C16H15ClN4O/c1-10-6-7-21-15(8-10)18-11(2)16(21)20-19-14-9-12(22-3)4-5-13(14)17/h4-9H,1-3H3. The van der Waals surface area contributed by atoms with E-state index in [2.05, 4.69) is 15.2 Å². The summed E-state index contributed by atoms with van der Waals surface area (Å²) in [6.07, 6.45) is 1.94. The predicted octanol–water partition coefficient (Wildman–Crippen LogP) is 5.03. The smallest absolute Gasteiger partial charge is 0.182 e. The van der Waals surface area contributed by atoms with Gasteiger partial charge >= 0.3 is 0 Å². The lowest BCUT2D eigenvalue weighted by Gasteiger charge is -2.02. The number of hydrogen-bond acceptors (Lipinski definition) is 4. The summed E-state index contributed by atoms with van der Waals surface area (Å²) in [4.78, 5) is 4.49. The number of azo groups is 1. The molecule has 0 atom stereocenters. The minimum Gasteiger partial charge on any atom is -0.497 e. The topological polar surface area (TPSA) is 51.2 Å². The van der Waals surface area contributed by atoms with Gasteiger partial charge in [0.05, 0.1) is 17.8 Å². The highest BCUT2D eigenvalue weighted by atomic mass is 35.5. The van der Waals surface area contributed by atoms with Gasteiger partial charge < -0.3 is 4.74 Å². The van der Waals surface area contributed by atoms with E-state index >= 15 is 0 Å². The van der Waals surface area contributed by atoms with E-state index in [-0.39, 0.29) is 0 Å². The number of aromatic nitrogens is 2. The molecule has 0 aliphatic heterocycles. The molecule has 3 aromatic rings. The zero-order valence-corrected chi connectivity index (χ0v) is 13.3. The summed E-state index contributed by atoms with van der Waals surface area (Å²) < 4.78 is 7.08. The predicted molar refractivity (Wildman–Crippen MR) is 86.8 cm³/mol. The van der Waals surface area contributed by atoms with E-state index < -0.39 is 0 Å². The van der Waals surface area contributed by atoms with Crippen molar-refractivity contribution in [1.82, 2.24) is 9.38 Å². The van der Waals surface area contributed by atoms with Gasteiger partial charge in [0, 0.05) is 12.3 Å². The molecule has 0 aliphatic rings. The minimum atomic E-state index is 0.520. The average molecular weight is 315 g/mol. The highest BCUT2D eigenvalue weighted by Crippen LogP contribution is 2.31.